The maximum Gasteiger partial charge on any atom is 0.165 e. The largest absolute Gasteiger partial charge is 0.393 e. The number of ether oxygens (including phenoxy) is 1. The van der Waals surface area contributed by atoms with Gasteiger partial charge in [0.15, 0.2) is 11.4 Å². The lowest BCUT2D eigenvalue weighted by atomic mass is 9.47. The Morgan fingerprint density at radius 2 is 1.96 bits per heavy atom. The van der Waals surface area contributed by atoms with Crippen LogP contribution in [0.15, 0.2) is 11.6 Å². The average Bonchev–Trinajstić information content (AvgIpc) is 3.13. The Hall–Kier alpha value is -0.670. The van der Waals surface area contributed by atoms with Crippen LogP contribution in [0.4, 0.5) is 0 Å². The minimum atomic E-state index is -0.511. The molecule has 0 radical (unpaired) electrons. The van der Waals surface area contributed by atoms with E-state index in [1.165, 1.54) is 12.0 Å². The van der Waals surface area contributed by atoms with E-state index >= 15 is 0 Å². The van der Waals surface area contributed by atoms with E-state index < -0.39 is 5.60 Å². The molecule has 3 nitrogen and oxygen atoms in total. The number of fused-ring (bicyclic) bond motifs is 7. The van der Waals surface area contributed by atoms with E-state index in [9.17, 15) is 9.90 Å². The van der Waals surface area contributed by atoms with Crippen molar-refractivity contribution in [2.75, 3.05) is 0 Å². The third kappa shape index (κ3) is 1.69. The van der Waals surface area contributed by atoms with Crippen molar-refractivity contribution in [2.45, 2.75) is 89.9 Å². The normalized spacial score (nSPS) is 59.2. The summed E-state index contributed by atoms with van der Waals surface area (Å²) >= 11 is 0. The summed E-state index contributed by atoms with van der Waals surface area (Å²) in [6.07, 6.45) is 9.75. The van der Waals surface area contributed by atoms with Crippen molar-refractivity contribution in [1.82, 2.24) is 0 Å². The number of hydrogen-bond donors (Lipinski definition) is 1. The molecule has 1 saturated heterocycles. The molecule has 4 fully saturated rings. The van der Waals surface area contributed by atoms with Crippen LogP contribution in [-0.2, 0) is 9.53 Å². The first-order valence-electron chi connectivity index (χ1n) is 10.3. The standard InChI is InChI=1S/C22H32O3/c1-13(23)22-20(3)10-8-17-16(18(20)12-21(22,4)25-22)6-5-14-11-15(24)7-9-19(14,17)2/h5,15-18,24H,6-12H2,1-4H3. The number of aliphatic hydroxyl groups excluding tert-OH is 1. The molecule has 0 bridgehead atoms. The summed E-state index contributed by atoms with van der Waals surface area (Å²) in [4.78, 5) is 12.6. The molecular formula is C22H32O3. The smallest absolute Gasteiger partial charge is 0.165 e. The Kier molecular flexibility index (Phi) is 3.03. The Morgan fingerprint density at radius 1 is 1.20 bits per heavy atom. The minimum absolute atomic E-state index is 0.00460. The highest BCUT2D eigenvalue weighted by Crippen LogP contribution is 2.77. The molecule has 3 heteroatoms. The second kappa shape index (κ2) is 4.59. The van der Waals surface area contributed by atoms with Crippen molar-refractivity contribution in [2.24, 2.45) is 28.6 Å². The van der Waals surface area contributed by atoms with E-state index in [-0.39, 0.29) is 28.3 Å². The lowest BCUT2D eigenvalue weighted by Gasteiger charge is -2.58. The van der Waals surface area contributed by atoms with Gasteiger partial charge in [-0.25, -0.2) is 0 Å². The van der Waals surface area contributed by atoms with Crippen LogP contribution in [-0.4, -0.2) is 28.2 Å². The molecule has 8 atom stereocenters. The first-order chi connectivity index (χ1) is 11.7. The Bertz CT molecular complexity index is 683. The first-order valence-corrected chi connectivity index (χ1v) is 10.3. The van der Waals surface area contributed by atoms with Crippen LogP contribution in [0.25, 0.3) is 0 Å². The summed E-state index contributed by atoms with van der Waals surface area (Å²) in [6.45, 7) is 8.72. The fourth-order valence-corrected chi connectivity index (χ4v) is 8.26. The number of allylic oxidation sites excluding steroid dienone is 1. The zero-order valence-corrected chi connectivity index (χ0v) is 16.1. The van der Waals surface area contributed by atoms with Crippen molar-refractivity contribution in [3.63, 3.8) is 0 Å². The molecule has 138 valence electrons. The molecule has 1 aliphatic heterocycles. The van der Waals surface area contributed by atoms with Crippen molar-refractivity contribution in [1.29, 1.82) is 0 Å². The number of carbonyl (C=O) groups is 1. The number of ketones is 1. The van der Waals surface area contributed by atoms with E-state index in [2.05, 4.69) is 26.8 Å². The predicted octanol–water partition coefficient (Wildman–Crippen LogP) is 4.04. The van der Waals surface area contributed by atoms with Gasteiger partial charge in [0.25, 0.3) is 0 Å². The van der Waals surface area contributed by atoms with E-state index in [0.29, 0.717) is 17.8 Å². The molecule has 1 heterocycles. The maximum atomic E-state index is 12.6. The summed E-state index contributed by atoms with van der Waals surface area (Å²) < 4.78 is 6.19. The third-order valence-corrected chi connectivity index (χ3v) is 9.46. The highest BCUT2D eigenvalue weighted by Gasteiger charge is 2.85. The fourth-order valence-electron chi connectivity index (χ4n) is 8.26. The number of rotatable bonds is 1. The van der Waals surface area contributed by atoms with E-state index in [1.807, 2.05) is 0 Å². The second-order valence-corrected chi connectivity index (χ2v) is 10.4. The van der Waals surface area contributed by atoms with Gasteiger partial charge in [-0.1, -0.05) is 25.5 Å². The lowest BCUT2D eigenvalue weighted by molar-refractivity contribution is -0.135. The fraction of sp³-hybridized carbons (Fsp3) is 0.864. The topological polar surface area (TPSA) is 49.8 Å². The minimum Gasteiger partial charge on any atom is -0.393 e. The van der Waals surface area contributed by atoms with Gasteiger partial charge in [-0.05, 0) is 82.0 Å². The predicted molar refractivity (Wildman–Crippen MR) is 96.0 cm³/mol. The molecule has 1 N–H and O–H groups in total. The van der Waals surface area contributed by atoms with Gasteiger partial charge in [0, 0.05) is 5.41 Å². The van der Waals surface area contributed by atoms with Crippen LogP contribution in [0, 0.1) is 28.6 Å². The Morgan fingerprint density at radius 3 is 2.68 bits per heavy atom. The molecule has 5 rings (SSSR count). The van der Waals surface area contributed by atoms with E-state index in [0.717, 1.165) is 38.5 Å². The molecule has 5 aliphatic rings. The van der Waals surface area contributed by atoms with Crippen LogP contribution >= 0.6 is 0 Å². The van der Waals surface area contributed by atoms with Crippen LogP contribution in [0.2, 0.25) is 0 Å². The molecule has 0 aromatic heterocycles. The second-order valence-electron chi connectivity index (χ2n) is 10.4. The molecule has 4 aliphatic carbocycles. The number of hydrogen-bond acceptors (Lipinski definition) is 3. The summed E-state index contributed by atoms with van der Waals surface area (Å²) in [5.41, 5.74) is 1.05. The monoisotopic (exact) mass is 344 g/mol. The van der Waals surface area contributed by atoms with Gasteiger partial charge >= 0.3 is 0 Å². The quantitative estimate of drug-likeness (QED) is 0.577. The average molecular weight is 344 g/mol. The van der Waals surface area contributed by atoms with Gasteiger partial charge in [0.2, 0.25) is 0 Å². The van der Waals surface area contributed by atoms with Gasteiger partial charge in [-0.2, -0.15) is 0 Å². The van der Waals surface area contributed by atoms with Gasteiger partial charge in [0.05, 0.1) is 6.10 Å². The summed E-state index contributed by atoms with van der Waals surface area (Å²) in [6, 6.07) is 0. The molecule has 3 saturated carbocycles. The van der Waals surface area contributed by atoms with Gasteiger partial charge in [-0.3, -0.25) is 4.79 Å². The SMILES string of the molecule is CC(=O)C12OC1(C)CC1C3CC=C4CC(O)CCC4(C)C3CCC12C. The first kappa shape index (κ1) is 16.5. The summed E-state index contributed by atoms with van der Waals surface area (Å²) in [5.74, 6) is 2.23. The van der Waals surface area contributed by atoms with Crippen LogP contribution < -0.4 is 0 Å². The highest BCUT2D eigenvalue weighted by molar-refractivity contribution is 5.91. The van der Waals surface area contributed by atoms with Gasteiger partial charge in [-0.15, -0.1) is 0 Å². The van der Waals surface area contributed by atoms with E-state index in [4.69, 9.17) is 4.74 Å². The number of epoxide rings is 1. The highest BCUT2D eigenvalue weighted by atomic mass is 16.6. The van der Waals surface area contributed by atoms with Gasteiger partial charge < -0.3 is 9.84 Å². The molecule has 0 amide bonds. The van der Waals surface area contributed by atoms with Gasteiger partial charge in [0.1, 0.15) is 5.60 Å². The van der Waals surface area contributed by atoms with Crippen molar-refractivity contribution < 1.29 is 14.6 Å². The number of Topliss-reactive ketones (excluding diaryl/α,β-unsaturated/α-hetero) is 1. The molecule has 25 heavy (non-hydrogen) atoms. The summed E-state index contributed by atoms with van der Waals surface area (Å²) in [5, 5.41) is 10.1. The maximum absolute atomic E-state index is 12.6. The summed E-state index contributed by atoms with van der Waals surface area (Å²) in [7, 11) is 0. The Labute approximate surface area is 151 Å². The zero-order chi connectivity index (χ0) is 17.8. The lowest BCUT2D eigenvalue weighted by Crippen LogP contribution is -2.54. The van der Waals surface area contributed by atoms with Crippen LogP contribution in [0.5, 0.6) is 0 Å². The number of carbonyl (C=O) groups excluding carboxylic acids is 1. The van der Waals surface area contributed by atoms with E-state index in [1.54, 1.807) is 6.92 Å². The van der Waals surface area contributed by atoms with Crippen molar-refractivity contribution in [3.05, 3.63) is 11.6 Å². The number of aliphatic hydroxyl groups is 1. The molecule has 0 aromatic carbocycles. The molecule has 0 spiro atoms. The molecular weight excluding hydrogens is 312 g/mol. The molecule has 0 aromatic rings. The Balaban J connectivity index is 1.53. The van der Waals surface area contributed by atoms with Crippen LogP contribution in [0.3, 0.4) is 0 Å². The third-order valence-electron chi connectivity index (χ3n) is 9.46. The zero-order valence-electron chi connectivity index (χ0n) is 16.1. The molecule has 8 unspecified atom stereocenters. The van der Waals surface area contributed by atoms with Crippen molar-refractivity contribution >= 4 is 5.78 Å². The van der Waals surface area contributed by atoms with Crippen LogP contribution in [0.1, 0.15) is 72.6 Å². The van der Waals surface area contributed by atoms with Crippen molar-refractivity contribution in [3.8, 4) is 0 Å².